The van der Waals surface area contributed by atoms with Crippen LogP contribution >= 0.6 is 0 Å². The molecule has 0 spiro atoms. The average Bonchev–Trinajstić information content (AvgIpc) is 2.99. The number of aliphatic imine (C=N–C) groups is 1. The van der Waals surface area contributed by atoms with E-state index in [1.165, 1.54) is 0 Å². The molecule has 3 aromatic rings. The number of rotatable bonds is 7. The molecule has 0 aliphatic carbocycles. The first-order chi connectivity index (χ1) is 19.4. The van der Waals surface area contributed by atoms with E-state index >= 15 is 0 Å². The van der Waals surface area contributed by atoms with Crippen LogP contribution in [0.1, 0.15) is 29.5 Å². The van der Waals surface area contributed by atoms with E-state index < -0.39 is 23.8 Å². The summed E-state index contributed by atoms with van der Waals surface area (Å²) in [5, 5.41) is 13.5. The molecule has 3 aromatic carbocycles. The van der Waals surface area contributed by atoms with Crippen LogP contribution in [0.2, 0.25) is 0 Å². The van der Waals surface area contributed by atoms with Gasteiger partial charge in [0.1, 0.15) is 19.8 Å². The number of likely N-dealkylation sites (tertiary alicyclic amines) is 1. The van der Waals surface area contributed by atoms with Crippen LogP contribution < -0.4 is 5.32 Å². The maximum absolute atomic E-state index is 12.7. The van der Waals surface area contributed by atoms with E-state index in [1.807, 2.05) is 78.9 Å². The van der Waals surface area contributed by atoms with Gasteiger partial charge in [0, 0.05) is 25.9 Å². The van der Waals surface area contributed by atoms with Crippen molar-refractivity contribution in [3.63, 3.8) is 0 Å². The molecule has 1 heterocycles. The van der Waals surface area contributed by atoms with Crippen LogP contribution in [0, 0.1) is 0 Å². The second-order valence-electron chi connectivity index (χ2n) is 9.24. The van der Waals surface area contributed by atoms with Gasteiger partial charge in [-0.1, -0.05) is 91.0 Å². The number of hydrogen-bond acceptors (Lipinski definition) is 7. The molecule has 2 N–H and O–H groups in total. The van der Waals surface area contributed by atoms with Crippen molar-refractivity contribution < 1.29 is 33.7 Å². The van der Waals surface area contributed by atoms with E-state index in [0.29, 0.717) is 0 Å². The third-order valence-corrected chi connectivity index (χ3v) is 6.31. The number of nitrogens with one attached hydrogen (secondary N) is 1. The fourth-order valence-electron chi connectivity index (χ4n) is 4.02. The summed E-state index contributed by atoms with van der Waals surface area (Å²) in [6.45, 7) is 0.287. The molecule has 1 fully saturated rings. The van der Waals surface area contributed by atoms with Gasteiger partial charge in [-0.15, -0.1) is 4.99 Å². The Balaban J connectivity index is 1.38. The minimum atomic E-state index is -1.71. The average molecular weight is 546 g/mol. The quantitative estimate of drug-likeness (QED) is 0.196. The van der Waals surface area contributed by atoms with Gasteiger partial charge in [-0.3, -0.25) is 5.32 Å². The lowest BCUT2D eigenvalue weighted by Gasteiger charge is -2.37. The molecule has 0 unspecified atom stereocenters. The molecule has 1 saturated heterocycles. The topological polar surface area (TPSA) is 127 Å². The van der Waals surface area contributed by atoms with E-state index in [-0.39, 0.29) is 51.7 Å². The molecule has 1 aliphatic heterocycles. The van der Waals surface area contributed by atoms with Gasteiger partial charge in [-0.05, 0) is 16.7 Å². The third kappa shape index (κ3) is 8.40. The predicted octanol–water partition coefficient (Wildman–Crippen LogP) is 4.18. The second-order valence-corrected chi connectivity index (χ2v) is 9.24. The van der Waals surface area contributed by atoms with Gasteiger partial charge < -0.3 is 24.2 Å². The van der Waals surface area contributed by atoms with Gasteiger partial charge >= 0.3 is 18.2 Å². The molecule has 0 saturated carbocycles. The van der Waals surface area contributed by atoms with Crippen molar-refractivity contribution in [1.82, 2.24) is 10.2 Å². The van der Waals surface area contributed by atoms with Crippen molar-refractivity contribution in [3.8, 4) is 0 Å². The number of ether oxygens (including phenoxy) is 3. The number of aliphatic hydroxyl groups is 1. The second kappa shape index (κ2) is 13.9. The molecule has 4 rings (SSSR count). The molecule has 0 bridgehead atoms. The monoisotopic (exact) mass is 545 g/mol. The van der Waals surface area contributed by atoms with Crippen LogP contribution in [-0.4, -0.2) is 52.8 Å². The molecule has 10 heteroatoms. The summed E-state index contributed by atoms with van der Waals surface area (Å²) in [7, 11) is 0. The first-order valence-electron chi connectivity index (χ1n) is 12.9. The van der Waals surface area contributed by atoms with E-state index in [4.69, 9.17) is 14.2 Å². The molecule has 0 aromatic heterocycles. The Morgan fingerprint density at radius 2 is 1.18 bits per heavy atom. The smallest absolute Gasteiger partial charge is 0.437 e. The Morgan fingerprint density at radius 3 is 1.68 bits per heavy atom. The van der Waals surface area contributed by atoms with Gasteiger partial charge in [0.15, 0.2) is 5.60 Å². The van der Waals surface area contributed by atoms with Crippen LogP contribution in [0.25, 0.3) is 0 Å². The number of carbonyl (C=O) groups is 3. The molecule has 0 atom stereocenters. The Bertz CT molecular complexity index is 1290. The van der Waals surface area contributed by atoms with Gasteiger partial charge in [0.05, 0.1) is 0 Å². The highest BCUT2D eigenvalue weighted by Gasteiger charge is 2.42. The molecule has 10 nitrogen and oxygen atoms in total. The number of amides is 2. The number of hydrogen-bond donors (Lipinski definition) is 2. The normalized spacial score (nSPS) is 14.6. The van der Waals surface area contributed by atoms with Crippen LogP contribution in [0.4, 0.5) is 9.59 Å². The number of alkyl carbamates (subject to hydrolysis) is 1. The van der Waals surface area contributed by atoms with Crippen molar-refractivity contribution in [2.75, 3.05) is 13.1 Å². The number of esters is 1. The van der Waals surface area contributed by atoms with Crippen LogP contribution in [0.5, 0.6) is 0 Å². The number of benzene rings is 3. The zero-order valence-corrected chi connectivity index (χ0v) is 21.9. The standard InChI is InChI=1S/C30H31N3O7/c34-26(38-20-23-10-4-1-5-11-23)30(37)16-18-33(19-17-30)27(31-28(35)39-21-24-12-6-2-7-13-24)32-29(36)40-22-25-14-8-3-9-15-25/h1-15,37H,16-22H2,(H,31,32,35,36). The third-order valence-electron chi connectivity index (χ3n) is 6.31. The lowest BCUT2D eigenvalue weighted by molar-refractivity contribution is -0.171. The highest BCUT2D eigenvalue weighted by Crippen LogP contribution is 2.24. The predicted molar refractivity (Wildman–Crippen MR) is 146 cm³/mol. The highest BCUT2D eigenvalue weighted by molar-refractivity contribution is 5.99. The molecular formula is C30H31N3O7. The van der Waals surface area contributed by atoms with Crippen molar-refractivity contribution in [1.29, 1.82) is 0 Å². The van der Waals surface area contributed by atoms with E-state index in [9.17, 15) is 19.5 Å². The number of carbonyl (C=O) groups excluding carboxylic acids is 3. The summed E-state index contributed by atoms with van der Waals surface area (Å²) >= 11 is 0. The molecular weight excluding hydrogens is 514 g/mol. The summed E-state index contributed by atoms with van der Waals surface area (Å²) in [6, 6.07) is 27.4. The number of guanidine groups is 1. The van der Waals surface area contributed by atoms with Gasteiger partial charge in [0.25, 0.3) is 0 Å². The van der Waals surface area contributed by atoms with Crippen LogP contribution in [-0.2, 0) is 38.8 Å². The van der Waals surface area contributed by atoms with Crippen LogP contribution in [0.3, 0.4) is 0 Å². The zero-order chi connectivity index (χ0) is 28.2. The summed E-state index contributed by atoms with van der Waals surface area (Å²) in [5.41, 5.74) is 0.659. The van der Waals surface area contributed by atoms with Crippen molar-refractivity contribution in [3.05, 3.63) is 108 Å². The van der Waals surface area contributed by atoms with Crippen LogP contribution in [0.15, 0.2) is 96.0 Å². The molecule has 1 aliphatic rings. The van der Waals surface area contributed by atoms with E-state index in [1.54, 1.807) is 17.0 Å². The van der Waals surface area contributed by atoms with Crippen molar-refractivity contribution in [2.45, 2.75) is 38.3 Å². The highest BCUT2D eigenvalue weighted by atomic mass is 16.6. The summed E-state index contributed by atoms with van der Waals surface area (Å²) in [4.78, 5) is 43.3. The van der Waals surface area contributed by atoms with Crippen molar-refractivity contribution >= 4 is 24.1 Å². The van der Waals surface area contributed by atoms with Gasteiger partial charge in [-0.25, -0.2) is 14.4 Å². The van der Waals surface area contributed by atoms with Crippen molar-refractivity contribution in [2.24, 2.45) is 4.99 Å². The Hall–Kier alpha value is -4.70. The summed E-state index contributed by atoms with van der Waals surface area (Å²) in [5.74, 6) is -0.831. The molecule has 2 amide bonds. The minimum Gasteiger partial charge on any atom is -0.459 e. The Labute approximate surface area is 232 Å². The summed E-state index contributed by atoms with van der Waals surface area (Å²) < 4.78 is 15.9. The number of nitrogens with zero attached hydrogens (tertiary/aromatic N) is 2. The fraction of sp³-hybridized carbons (Fsp3) is 0.267. The first-order valence-corrected chi connectivity index (χ1v) is 12.9. The van der Waals surface area contributed by atoms with E-state index in [2.05, 4.69) is 10.3 Å². The van der Waals surface area contributed by atoms with Gasteiger partial charge in [0.2, 0.25) is 5.96 Å². The Morgan fingerprint density at radius 1 is 0.725 bits per heavy atom. The lowest BCUT2D eigenvalue weighted by Crippen LogP contribution is -2.54. The maximum Gasteiger partial charge on any atom is 0.437 e. The van der Waals surface area contributed by atoms with E-state index in [0.717, 1.165) is 16.7 Å². The fourth-order valence-corrected chi connectivity index (χ4v) is 4.02. The van der Waals surface area contributed by atoms with Gasteiger partial charge in [-0.2, -0.15) is 0 Å². The summed E-state index contributed by atoms with van der Waals surface area (Å²) in [6.07, 6.45) is -1.73. The molecule has 208 valence electrons. The maximum atomic E-state index is 12.7. The number of piperidine rings is 1. The molecule has 0 radical (unpaired) electrons. The lowest BCUT2D eigenvalue weighted by atomic mass is 9.91. The molecule has 40 heavy (non-hydrogen) atoms. The largest absolute Gasteiger partial charge is 0.459 e. The first kappa shape index (κ1) is 28.3. The minimum absolute atomic E-state index is 0.000547. The zero-order valence-electron chi connectivity index (χ0n) is 21.9. The SMILES string of the molecule is O=C(N=C(NC(=O)OCc1ccccc1)N1CCC(O)(C(=O)OCc2ccccc2)CC1)OCc1ccccc1. The Kier molecular flexibility index (Phi) is 9.84.